The Morgan fingerprint density at radius 3 is 2.57 bits per heavy atom. The van der Waals surface area contributed by atoms with Crippen LogP contribution in [0.2, 0.25) is 5.02 Å². The van der Waals surface area contributed by atoms with E-state index < -0.39 is 17.2 Å². The third kappa shape index (κ3) is 5.50. The van der Waals surface area contributed by atoms with Crippen LogP contribution in [0, 0.1) is 18.3 Å². The number of halogens is 1. The maximum Gasteiger partial charge on any atom is 0.271 e. The first-order valence-electron chi connectivity index (χ1n) is 11.0. The minimum atomic E-state index is -0.613. The van der Waals surface area contributed by atoms with E-state index in [9.17, 15) is 24.8 Å². The van der Waals surface area contributed by atoms with Crippen molar-refractivity contribution in [3.8, 4) is 11.9 Å². The summed E-state index contributed by atoms with van der Waals surface area (Å²) in [7, 11) is 0. The monoisotopic (exact) mass is 529 g/mol. The average molecular weight is 530 g/mol. The number of hydrogen-bond donors (Lipinski definition) is 1. The third-order valence-electron chi connectivity index (χ3n) is 5.88. The molecule has 1 atom stereocenters. The minimum absolute atomic E-state index is 0.00523. The van der Waals surface area contributed by atoms with Crippen molar-refractivity contribution < 1.29 is 14.7 Å². The van der Waals surface area contributed by atoms with E-state index in [4.69, 9.17) is 23.8 Å². The maximum atomic E-state index is 13.1. The Morgan fingerprint density at radius 1 is 1.31 bits per heavy atom. The van der Waals surface area contributed by atoms with Gasteiger partial charge in [-0.25, -0.2) is 0 Å². The summed E-state index contributed by atoms with van der Waals surface area (Å²) in [5.74, 6) is -1.07. The van der Waals surface area contributed by atoms with Gasteiger partial charge in [0.25, 0.3) is 11.5 Å². The Hall–Kier alpha value is -2.93. The second-order valence-electron chi connectivity index (χ2n) is 8.15. The van der Waals surface area contributed by atoms with Gasteiger partial charge in [-0.3, -0.25) is 23.9 Å². The Kier molecular flexibility index (Phi) is 8.54. The van der Waals surface area contributed by atoms with Gasteiger partial charge in [-0.2, -0.15) is 5.26 Å². The molecule has 0 bridgehead atoms. The van der Waals surface area contributed by atoms with Crippen LogP contribution in [0.5, 0.6) is 5.88 Å². The number of benzene rings is 1. The van der Waals surface area contributed by atoms with Gasteiger partial charge in [0.2, 0.25) is 5.88 Å². The van der Waals surface area contributed by atoms with Gasteiger partial charge < -0.3 is 5.11 Å². The molecule has 0 radical (unpaired) electrons. The normalized spacial score (nSPS) is 15.5. The summed E-state index contributed by atoms with van der Waals surface area (Å²) in [5, 5.41) is 20.8. The molecule has 1 N–H and O–H groups in total. The summed E-state index contributed by atoms with van der Waals surface area (Å²) in [4.78, 5) is 40.5. The number of pyridine rings is 1. The molecule has 1 amide bonds. The van der Waals surface area contributed by atoms with E-state index in [1.54, 1.807) is 37.3 Å². The van der Waals surface area contributed by atoms with Gasteiger partial charge in [0.15, 0.2) is 5.78 Å². The number of carbonyl (C=O) groups is 2. The van der Waals surface area contributed by atoms with Crippen LogP contribution in [0.15, 0.2) is 34.0 Å². The SMILES string of the molecule is CCC(C)n1c(O)c(C(=O)CCCN2C(=O)/C(=C/c3ccc(Cl)cc3)SC2=S)c(C)c(C#N)c1=O. The van der Waals surface area contributed by atoms with Gasteiger partial charge in [0.05, 0.1) is 10.5 Å². The maximum absolute atomic E-state index is 13.1. The molecule has 1 saturated heterocycles. The number of carbonyl (C=O) groups excluding carboxylic acids is 2. The fraction of sp³-hybridized carbons (Fsp3) is 0.320. The first-order valence-corrected chi connectivity index (χ1v) is 12.6. The molecule has 1 aromatic heterocycles. The van der Waals surface area contributed by atoms with Crippen LogP contribution in [0.25, 0.3) is 6.08 Å². The fourth-order valence-electron chi connectivity index (χ4n) is 3.77. The molecule has 1 aliphatic rings. The number of ketones is 1. The highest BCUT2D eigenvalue weighted by molar-refractivity contribution is 8.26. The summed E-state index contributed by atoms with van der Waals surface area (Å²) in [5.41, 5.74) is 0.181. The number of rotatable bonds is 8. The van der Waals surface area contributed by atoms with E-state index in [2.05, 4.69) is 0 Å². The fourth-order valence-corrected chi connectivity index (χ4v) is 5.21. The molecular weight excluding hydrogens is 506 g/mol. The lowest BCUT2D eigenvalue weighted by Crippen LogP contribution is -2.30. The Balaban J connectivity index is 1.76. The summed E-state index contributed by atoms with van der Waals surface area (Å²) in [6.07, 6.45) is 2.57. The number of amides is 1. The predicted octanol–water partition coefficient (Wildman–Crippen LogP) is 5.22. The summed E-state index contributed by atoms with van der Waals surface area (Å²) >= 11 is 12.5. The van der Waals surface area contributed by atoms with E-state index in [0.717, 1.165) is 10.1 Å². The van der Waals surface area contributed by atoms with Crippen LogP contribution in [-0.4, -0.2) is 37.1 Å². The van der Waals surface area contributed by atoms with E-state index in [0.29, 0.717) is 27.1 Å². The molecular formula is C25H24ClN3O4S2. The van der Waals surface area contributed by atoms with Crippen LogP contribution in [0.3, 0.4) is 0 Å². The topological polar surface area (TPSA) is 103 Å². The second-order valence-corrected chi connectivity index (χ2v) is 10.3. The number of aromatic hydroxyl groups is 1. The molecule has 0 spiro atoms. The Morgan fingerprint density at radius 2 is 1.97 bits per heavy atom. The zero-order chi connectivity index (χ0) is 25.9. The Bertz CT molecular complexity index is 1330. The highest BCUT2D eigenvalue weighted by atomic mass is 35.5. The molecule has 10 heteroatoms. The molecule has 1 aromatic carbocycles. The Labute approximate surface area is 218 Å². The van der Waals surface area contributed by atoms with Crippen molar-refractivity contribution in [3.63, 3.8) is 0 Å². The summed E-state index contributed by atoms with van der Waals surface area (Å²) in [6, 6.07) is 8.55. The van der Waals surface area contributed by atoms with Crippen molar-refractivity contribution in [2.45, 2.75) is 46.1 Å². The predicted molar refractivity (Wildman–Crippen MR) is 142 cm³/mol. The van der Waals surface area contributed by atoms with Gasteiger partial charge in [-0.15, -0.1) is 0 Å². The van der Waals surface area contributed by atoms with Crippen molar-refractivity contribution in [1.29, 1.82) is 5.26 Å². The largest absolute Gasteiger partial charge is 0.494 e. The highest BCUT2D eigenvalue weighted by Gasteiger charge is 2.32. The number of thiocarbonyl (C=S) groups is 1. The van der Waals surface area contributed by atoms with E-state index in [1.807, 2.05) is 13.0 Å². The molecule has 2 aromatic rings. The number of Topliss-reactive ketones (excluding diaryl/α,β-unsaturated/α-hetero) is 1. The molecule has 35 heavy (non-hydrogen) atoms. The molecule has 7 nitrogen and oxygen atoms in total. The van der Waals surface area contributed by atoms with Gasteiger partial charge in [-0.1, -0.05) is 54.6 Å². The van der Waals surface area contributed by atoms with Crippen molar-refractivity contribution in [2.24, 2.45) is 0 Å². The zero-order valence-corrected chi connectivity index (χ0v) is 21.9. The van der Waals surface area contributed by atoms with Crippen LogP contribution < -0.4 is 5.56 Å². The second kappa shape index (κ2) is 11.2. The zero-order valence-electron chi connectivity index (χ0n) is 19.5. The van der Waals surface area contributed by atoms with Gasteiger partial charge in [-0.05, 0) is 56.0 Å². The van der Waals surface area contributed by atoms with E-state index in [-0.39, 0.29) is 41.6 Å². The lowest BCUT2D eigenvalue weighted by atomic mass is 9.98. The molecule has 1 fully saturated rings. The van der Waals surface area contributed by atoms with Crippen molar-refractivity contribution in [3.05, 3.63) is 66.8 Å². The lowest BCUT2D eigenvalue weighted by Gasteiger charge is -2.20. The van der Waals surface area contributed by atoms with E-state index in [1.165, 1.54) is 23.6 Å². The summed E-state index contributed by atoms with van der Waals surface area (Å²) < 4.78 is 1.50. The summed E-state index contributed by atoms with van der Waals surface area (Å²) in [6.45, 7) is 5.29. The van der Waals surface area contributed by atoms with Crippen molar-refractivity contribution >= 4 is 57.7 Å². The number of hydrogen-bond acceptors (Lipinski definition) is 7. The van der Waals surface area contributed by atoms with E-state index >= 15 is 0 Å². The number of aromatic nitrogens is 1. The highest BCUT2D eigenvalue weighted by Crippen LogP contribution is 2.33. The molecule has 2 heterocycles. The molecule has 1 aliphatic heterocycles. The lowest BCUT2D eigenvalue weighted by molar-refractivity contribution is -0.122. The third-order valence-corrected chi connectivity index (χ3v) is 7.51. The van der Waals surface area contributed by atoms with Gasteiger partial charge in [0.1, 0.15) is 16.0 Å². The molecule has 0 saturated carbocycles. The van der Waals surface area contributed by atoms with Crippen molar-refractivity contribution in [1.82, 2.24) is 9.47 Å². The number of nitrogens with zero attached hydrogens (tertiary/aromatic N) is 3. The molecule has 1 unspecified atom stereocenters. The van der Waals surface area contributed by atoms with Crippen LogP contribution in [0.4, 0.5) is 0 Å². The standard InChI is InChI=1S/C25H24ClN3O4S2/c1-4-14(2)29-22(31)18(13-27)15(3)21(24(29)33)19(30)6-5-11-28-23(32)20(35-25(28)34)12-16-7-9-17(26)10-8-16/h7-10,12,14,33H,4-6,11H2,1-3H3/b20-12-. The first-order chi connectivity index (χ1) is 16.6. The number of nitriles is 1. The first kappa shape index (κ1) is 26.7. The van der Waals surface area contributed by atoms with Gasteiger partial charge in [0, 0.05) is 24.0 Å². The van der Waals surface area contributed by atoms with Crippen molar-refractivity contribution in [2.75, 3.05) is 6.54 Å². The van der Waals surface area contributed by atoms with Crippen LogP contribution >= 0.6 is 35.6 Å². The molecule has 182 valence electrons. The molecule has 3 rings (SSSR count). The number of thioether (sulfide) groups is 1. The van der Waals surface area contributed by atoms with Crippen LogP contribution in [0.1, 0.15) is 66.2 Å². The van der Waals surface area contributed by atoms with Gasteiger partial charge >= 0.3 is 0 Å². The van der Waals surface area contributed by atoms with Crippen LogP contribution in [-0.2, 0) is 4.79 Å². The quantitative estimate of drug-likeness (QED) is 0.284. The average Bonchev–Trinajstić information content (AvgIpc) is 3.07. The minimum Gasteiger partial charge on any atom is -0.494 e. The smallest absolute Gasteiger partial charge is 0.271 e. The molecule has 0 aliphatic carbocycles.